The minimum atomic E-state index is -0.354. The molecule has 0 saturated heterocycles. The summed E-state index contributed by atoms with van der Waals surface area (Å²) in [6, 6.07) is 9.03. The number of ketones is 1. The topological polar surface area (TPSA) is 30.2 Å². The third-order valence-electron chi connectivity index (χ3n) is 2.29. The number of hydrogen-bond donors (Lipinski definition) is 0. The number of furan rings is 1. The summed E-state index contributed by atoms with van der Waals surface area (Å²) in [7, 11) is 0. The molecule has 1 heterocycles. The number of benzene rings is 1. The van der Waals surface area contributed by atoms with Crippen molar-refractivity contribution in [3.05, 3.63) is 65.4 Å². The van der Waals surface area contributed by atoms with Crippen molar-refractivity contribution < 1.29 is 13.6 Å². The highest BCUT2D eigenvalue weighted by atomic mass is 19.1. The zero-order chi connectivity index (χ0) is 12.3. The lowest BCUT2D eigenvalue weighted by Crippen LogP contribution is -1.93. The summed E-state index contributed by atoms with van der Waals surface area (Å²) in [4.78, 5) is 11.7. The third-order valence-corrected chi connectivity index (χ3v) is 2.29. The van der Waals surface area contributed by atoms with Gasteiger partial charge in [-0.25, -0.2) is 4.39 Å². The van der Waals surface area contributed by atoms with Gasteiger partial charge in [0.25, 0.3) is 0 Å². The van der Waals surface area contributed by atoms with Crippen molar-refractivity contribution in [1.82, 2.24) is 0 Å². The molecule has 0 bridgehead atoms. The summed E-state index contributed by atoms with van der Waals surface area (Å²) < 4.78 is 17.9. The van der Waals surface area contributed by atoms with Gasteiger partial charge in [-0.05, 0) is 55.5 Å². The zero-order valence-electron chi connectivity index (χ0n) is 9.31. The molecule has 0 fully saturated rings. The van der Waals surface area contributed by atoms with Gasteiger partial charge >= 0.3 is 0 Å². The van der Waals surface area contributed by atoms with Crippen LogP contribution < -0.4 is 0 Å². The molecule has 2 nitrogen and oxygen atoms in total. The fourth-order valence-electron chi connectivity index (χ4n) is 1.41. The molecule has 0 aliphatic carbocycles. The fraction of sp³-hybridized carbons (Fsp3) is 0.0714. The van der Waals surface area contributed by atoms with Crippen LogP contribution in [0.15, 0.2) is 46.9 Å². The molecule has 0 N–H and O–H groups in total. The maximum absolute atomic E-state index is 12.7. The number of carbonyl (C=O) groups is 1. The SMILES string of the molecule is Cc1ccc(C=CC(=O)c2ccc(F)cc2)o1. The van der Waals surface area contributed by atoms with Crippen LogP contribution in [0, 0.1) is 12.7 Å². The fourth-order valence-corrected chi connectivity index (χ4v) is 1.41. The van der Waals surface area contributed by atoms with Crippen LogP contribution in [0.25, 0.3) is 6.08 Å². The monoisotopic (exact) mass is 230 g/mol. The standard InChI is InChI=1S/C14H11FO2/c1-10-2-7-13(17-10)8-9-14(16)11-3-5-12(15)6-4-11/h2-9H,1H3. The minimum Gasteiger partial charge on any atom is -0.462 e. The molecule has 17 heavy (non-hydrogen) atoms. The van der Waals surface area contributed by atoms with Crippen LogP contribution in [0.2, 0.25) is 0 Å². The number of allylic oxidation sites excluding steroid dienone is 1. The Morgan fingerprint density at radius 2 is 1.88 bits per heavy atom. The molecule has 0 saturated carbocycles. The predicted octanol–water partition coefficient (Wildman–Crippen LogP) is 3.62. The average Bonchev–Trinajstić information content (AvgIpc) is 2.73. The van der Waals surface area contributed by atoms with Crippen molar-refractivity contribution in [1.29, 1.82) is 0 Å². The highest BCUT2D eigenvalue weighted by Crippen LogP contribution is 2.10. The molecule has 0 atom stereocenters. The van der Waals surface area contributed by atoms with E-state index in [1.165, 1.54) is 30.3 Å². The Bertz CT molecular complexity index is 550. The van der Waals surface area contributed by atoms with Crippen LogP contribution in [0.4, 0.5) is 4.39 Å². The number of aryl methyl sites for hydroxylation is 1. The van der Waals surface area contributed by atoms with Gasteiger partial charge in [0.15, 0.2) is 5.78 Å². The predicted molar refractivity (Wildman–Crippen MR) is 63.2 cm³/mol. The number of hydrogen-bond acceptors (Lipinski definition) is 2. The molecule has 86 valence electrons. The molecule has 0 radical (unpaired) electrons. The quantitative estimate of drug-likeness (QED) is 0.595. The molecule has 3 heteroatoms. The Labute approximate surface area is 98.4 Å². The van der Waals surface area contributed by atoms with E-state index in [-0.39, 0.29) is 11.6 Å². The van der Waals surface area contributed by atoms with Gasteiger partial charge in [-0.15, -0.1) is 0 Å². The van der Waals surface area contributed by atoms with E-state index < -0.39 is 0 Å². The molecule has 1 aromatic heterocycles. The molecule has 0 aliphatic rings. The minimum absolute atomic E-state index is 0.181. The summed E-state index contributed by atoms with van der Waals surface area (Å²) in [6.07, 6.45) is 3.00. The van der Waals surface area contributed by atoms with Crippen LogP contribution in [0.3, 0.4) is 0 Å². The van der Waals surface area contributed by atoms with Gasteiger partial charge < -0.3 is 4.42 Å². The highest BCUT2D eigenvalue weighted by molar-refractivity contribution is 6.06. The van der Waals surface area contributed by atoms with E-state index in [1.807, 2.05) is 13.0 Å². The summed E-state index contributed by atoms with van der Waals surface area (Å²) in [5.74, 6) is 0.878. The third kappa shape index (κ3) is 2.91. The van der Waals surface area contributed by atoms with Crippen molar-refractivity contribution in [2.45, 2.75) is 6.92 Å². The van der Waals surface area contributed by atoms with Crippen molar-refractivity contribution in [2.75, 3.05) is 0 Å². The van der Waals surface area contributed by atoms with Crippen LogP contribution in [0.1, 0.15) is 21.9 Å². The molecular formula is C14H11FO2. The zero-order valence-corrected chi connectivity index (χ0v) is 9.31. The van der Waals surface area contributed by atoms with Gasteiger partial charge in [0.2, 0.25) is 0 Å². The number of rotatable bonds is 3. The first kappa shape index (κ1) is 11.3. The first-order valence-electron chi connectivity index (χ1n) is 5.19. The van der Waals surface area contributed by atoms with Crippen LogP contribution in [-0.2, 0) is 0 Å². The van der Waals surface area contributed by atoms with E-state index in [9.17, 15) is 9.18 Å². The van der Waals surface area contributed by atoms with E-state index >= 15 is 0 Å². The second kappa shape index (κ2) is 4.78. The molecule has 1 aromatic carbocycles. The highest BCUT2D eigenvalue weighted by Gasteiger charge is 2.02. The second-order valence-corrected chi connectivity index (χ2v) is 3.65. The van der Waals surface area contributed by atoms with E-state index in [4.69, 9.17) is 4.42 Å². The number of carbonyl (C=O) groups excluding carboxylic acids is 1. The summed E-state index contributed by atoms with van der Waals surface area (Å²) in [6.45, 7) is 1.83. The first-order valence-corrected chi connectivity index (χ1v) is 5.19. The Balaban J connectivity index is 2.11. The van der Waals surface area contributed by atoms with Gasteiger partial charge in [0, 0.05) is 5.56 Å². The molecular weight excluding hydrogens is 219 g/mol. The van der Waals surface area contributed by atoms with E-state index in [2.05, 4.69) is 0 Å². The molecule has 0 unspecified atom stereocenters. The van der Waals surface area contributed by atoms with Gasteiger partial charge in [0.05, 0.1) is 0 Å². The van der Waals surface area contributed by atoms with Crippen molar-refractivity contribution in [3.63, 3.8) is 0 Å². The van der Waals surface area contributed by atoms with E-state index in [0.717, 1.165) is 5.76 Å². The number of halogens is 1. The molecule has 0 spiro atoms. The Kier molecular flexibility index (Phi) is 3.19. The summed E-state index contributed by atoms with van der Waals surface area (Å²) in [5, 5.41) is 0. The lowest BCUT2D eigenvalue weighted by atomic mass is 10.1. The Hall–Kier alpha value is -2.16. The average molecular weight is 230 g/mol. The van der Waals surface area contributed by atoms with Gasteiger partial charge in [0.1, 0.15) is 17.3 Å². The molecule has 2 rings (SSSR count). The van der Waals surface area contributed by atoms with Crippen LogP contribution >= 0.6 is 0 Å². The lowest BCUT2D eigenvalue weighted by Gasteiger charge is -1.94. The normalized spacial score (nSPS) is 10.9. The Morgan fingerprint density at radius 3 is 2.47 bits per heavy atom. The molecule has 2 aromatic rings. The molecule has 0 aliphatic heterocycles. The summed E-state index contributed by atoms with van der Waals surface area (Å²) >= 11 is 0. The van der Waals surface area contributed by atoms with Crippen LogP contribution in [0.5, 0.6) is 0 Å². The first-order chi connectivity index (χ1) is 8.15. The smallest absolute Gasteiger partial charge is 0.185 e. The molecule has 0 amide bonds. The van der Waals surface area contributed by atoms with Crippen molar-refractivity contribution in [3.8, 4) is 0 Å². The van der Waals surface area contributed by atoms with Crippen LogP contribution in [-0.4, -0.2) is 5.78 Å². The van der Waals surface area contributed by atoms with Crippen molar-refractivity contribution >= 4 is 11.9 Å². The van der Waals surface area contributed by atoms with E-state index in [0.29, 0.717) is 11.3 Å². The summed E-state index contributed by atoms with van der Waals surface area (Å²) in [5.41, 5.74) is 0.450. The lowest BCUT2D eigenvalue weighted by molar-refractivity contribution is 0.104. The van der Waals surface area contributed by atoms with Gasteiger partial charge in [-0.2, -0.15) is 0 Å². The maximum Gasteiger partial charge on any atom is 0.185 e. The van der Waals surface area contributed by atoms with Gasteiger partial charge in [-0.1, -0.05) is 0 Å². The largest absolute Gasteiger partial charge is 0.462 e. The van der Waals surface area contributed by atoms with Crippen molar-refractivity contribution in [2.24, 2.45) is 0 Å². The van der Waals surface area contributed by atoms with Gasteiger partial charge in [-0.3, -0.25) is 4.79 Å². The van der Waals surface area contributed by atoms with E-state index in [1.54, 1.807) is 12.1 Å². The Morgan fingerprint density at radius 1 is 1.18 bits per heavy atom. The maximum atomic E-state index is 12.7. The second-order valence-electron chi connectivity index (χ2n) is 3.65.